The summed E-state index contributed by atoms with van der Waals surface area (Å²) in [6.07, 6.45) is 2.32. The molecule has 2 heterocycles. The van der Waals surface area contributed by atoms with E-state index in [1.807, 2.05) is 51.1 Å². The van der Waals surface area contributed by atoms with E-state index in [-0.39, 0.29) is 17.4 Å². The maximum absolute atomic E-state index is 13.5. The lowest BCUT2D eigenvalue weighted by Gasteiger charge is -2.27. The van der Waals surface area contributed by atoms with Gasteiger partial charge in [0.05, 0.1) is 24.8 Å². The first kappa shape index (κ1) is 29.5. The third-order valence-corrected chi connectivity index (χ3v) is 7.52. The standard InChI is InChI=1S/C32H42N2O6/c1-6-17-39-26-14-11-22(20-27(26)38-9-4)29-28(30(35)23-12-13-25-24(19-23)18-21(5)40-25)31(36)32(37)34(29)16-10-15-33(7-2)8-3/h11-14,19-21,29,35H,6-10,15-18H2,1-5H3/t21-,29+/m1/s1. The first-order chi connectivity index (χ1) is 19.3. The van der Waals surface area contributed by atoms with Gasteiger partial charge in [-0.25, -0.2) is 0 Å². The molecule has 2 aliphatic heterocycles. The molecular formula is C32H42N2O6. The number of aliphatic hydroxyl groups is 1. The van der Waals surface area contributed by atoms with Crippen molar-refractivity contribution in [3.8, 4) is 17.2 Å². The molecule has 2 aromatic rings. The summed E-state index contributed by atoms with van der Waals surface area (Å²) in [5, 5.41) is 11.6. The van der Waals surface area contributed by atoms with Crippen LogP contribution in [0.1, 0.15) is 70.2 Å². The van der Waals surface area contributed by atoms with E-state index < -0.39 is 17.7 Å². The highest BCUT2D eigenvalue weighted by atomic mass is 16.5. The normalized spacial score (nSPS) is 19.7. The van der Waals surface area contributed by atoms with Crippen LogP contribution in [0.25, 0.3) is 5.76 Å². The number of Topliss-reactive ketones (excluding diaryl/α,β-unsaturated/α-hetero) is 1. The van der Waals surface area contributed by atoms with E-state index in [9.17, 15) is 14.7 Å². The smallest absolute Gasteiger partial charge is 0.295 e. The fourth-order valence-electron chi connectivity index (χ4n) is 5.48. The van der Waals surface area contributed by atoms with Crippen LogP contribution >= 0.6 is 0 Å². The highest BCUT2D eigenvalue weighted by Crippen LogP contribution is 2.43. The maximum atomic E-state index is 13.5. The van der Waals surface area contributed by atoms with Gasteiger partial charge in [-0.05, 0) is 87.8 Å². The summed E-state index contributed by atoms with van der Waals surface area (Å²) in [6.45, 7) is 14.1. The number of likely N-dealkylation sites (tertiary alicyclic amines) is 1. The third-order valence-electron chi connectivity index (χ3n) is 7.52. The van der Waals surface area contributed by atoms with E-state index in [0.29, 0.717) is 48.8 Å². The first-order valence-electron chi connectivity index (χ1n) is 14.5. The quantitative estimate of drug-likeness (QED) is 0.204. The zero-order valence-corrected chi connectivity index (χ0v) is 24.4. The maximum Gasteiger partial charge on any atom is 0.295 e. The van der Waals surface area contributed by atoms with Gasteiger partial charge in [0, 0.05) is 18.5 Å². The molecule has 1 fully saturated rings. The predicted molar refractivity (Wildman–Crippen MR) is 155 cm³/mol. The van der Waals surface area contributed by atoms with Gasteiger partial charge >= 0.3 is 0 Å². The number of fused-ring (bicyclic) bond motifs is 1. The van der Waals surface area contributed by atoms with E-state index in [1.54, 1.807) is 11.0 Å². The van der Waals surface area contributed by atoms with Crippen LogP contribution in [0.15, 0.2) is 42.0 Å². The zero-order chi connectivity index (χ0) is 28.8. The van der Waals surface area contributed by atoms with Crippen molar-refractivity contribution < 1.29 is 28.9 Å². The zero-order valence-electron chi connectivity index (χ0n) is 24.4. The van der Waals surface area contributed by atoms with Gasteiger partial charge in [0.15, 0.2) is 11.5 Å². The Bertz CT molecular complexity index is 1250. The van der Waals surface area contributed by atoms with Crippen LogP contribution in [-0.4, -0.2) is 72.1 Å². The lowest BCUT2D eigenvalue weighted by Crippen LogP contribution is -2.33. The molecule has 0 saturated carbocycles. The van der Waals surface area contributed by atoms with Crippen LogP contribution in [-0.2, 0) is 16.0 Å². The molecule has 2 aromatic carbocycles. The monoisotopic (exact) mass is 550 g/mol. The predicted octanol–water partition coefficient (Wildman–Crippen LogP) is 5.35. The number of ether oxygens (including phenoxy) is 3. The number of hydrogen-bond acceptors (Lipinski definition) is 7. The van der Waals surface area contributed by atoms with Gasteiger partial charge in [0.2, 0.25) is 0 Å². The molecule has 216 valence electrons. The highest BCUT2D eigenvalue weighted by molar-refractivity contribution is 6.46. The van der Waals surface area contributed by atoms with Crippen molar-refractivity contribution >= 4 is 17.4 Å². The van der Waals surface area contributed by atoms with Gasteiger partial charge < -0.3 is 29.1 Å². The minimum atomic E-state index is -0.750. The lowest BCUT2D eigenvalue weighted by molar-refractivity contribution is -0.140. The number of carbonyl (C=O) groups is 2. The van der Waals surface area contributed by atoms with Crippen molar-refractivity contribution in [3.63, 3.8) is 0 Å². The van der Waals surface area contributed by atoms with Crippen molar-refractivity contribution in [2.75, 3.05) is 39.4 Å². The number of amides is 1. The van der Waals surface area contributed by atoms with Crippen LogP contribution in [0, 0.1) is 0 Å². The molecule has 0 aliphatic carbocycles. The summed E-state index contributed by atoms with van der Waals surface area (Å²) in [5.41, 5.74) is 2.24. The first-order valence-corrected chi connectivity index (χ1v) is 14.5. The molecule has 0 unspecified atom stereocenters. The number of carbonyl (C=O) groups excluding carboxylic acids is 2. The second kappa shape index (κ2) is 13.2. The molecule has 8 heteroatoms. The van der Waals surface area contributed by atoms with Crippen molar-refractivity contribution in [1.29, 1.82) is 0 Å². The van der Waals surface area contributed by atoms with Crippen LogP contribution in [0.2, 0.25) is 0 Å². The van der Waals surface area contributed by atoms with Crippen LogP contribution in [0.3, 0.4) is 0 Å². The molecule has 0 radical (unpaired) electrons. The molecule has 1 amide bonds. The molecular weight excluding hydrogens is 508 g/mol. The third kappa shape index (κ3) is 6.12. The van der Waals surface area contributed by atoms with Crippen molar-refractivity contribution in [2.24, 2.45) is 0 Å². The van der Waals surface area contributed by atoms with E-state index in [4.69, 9.17) is 14.2 Å². The van der Waals surface area contributed by atoms with Gasteiger partial charge in [0.1, 0.15) is 17.6 Å². The van der Waals surface area contributed by atoms with Gasteiger partial charge in [-0.3, -0.25) is 9.59 Å². The lowest BCUT2D eigenvalue weighted by atomic mass is 9.94. The van der Waals surface area contributed by atoms with Gasteiger partial charge in [-0.15, -0.1) is 0 Å². The summed E-state index contributed by atoms with van der Waals surface area (Å²) in [6, 6.07) is 10.2. The minimum Gasteiger partial charge on any atom is -0.507 e. The second-order valence-electron chi connectivity index (χ2n) is 10.3. The van der Waals surface area contributed by atoms with E-state index in [0.717, 1.165) is 43.8 Å². The van der Waals surface area contributed by atoms with Crippen LogP contribution in [0.4, 0.5) is 0 Å². The molecule has 8 nitrogen and oxygen atoms in total. The molecule has 0 aromatic heterocycles. The molecule has 2 aliphatic rings. The summed E-state index contributed by atoms with van der Waals surface area (Å²) >= 11 is 0. The Morgan fingerprint density at radius 2 is 1.82 bits per heavy atom. The summed E-state index contributed by atoms with van der Waals surface area (Å²) in [7, 11) is 0. The van der Waals surface area contributed by atoms with Crippen LogP contribution < -0.4 is 14.2 Å². The van der Waals surface area contributed by atoms with E-state index in [1.165, 1.54) is 0 Å². The topological polar surface area (TPSA) is 88.5 Å². The Labute approximate surface area is 237 Å². The van der Waals surface area contributed by atoms with E-state index >= 15 is 0 Å². The average molecular weight is 551 g/mol. The number of nitrogens with zero attached hydrogens (tertiary/aromatic N) is 2. The van der Waals surface area contributed by atoms with Crippen molar-refractivity contribution in [2.45, 2.75) is 66.0 Å². The summed E-state index contributed by atoms with van der Waals surface area (Å²) in [4.78, 5) is 30.8. The molecule has 1 saturated heterocycles. The number of hydrogen-bond donors (Lipinski definition) is 1. The fourth-order valence-corrected chi connectivity index (χ4v) is 5.48. The Hall–Kier alpha value is -3.52. The van der Waals surface area contributed by atoms with E-state index in [2.05, 4.69) is 18.7 Å². The average Bonchev–Trinajstić information content (AvgIpc) is 3.45. The summed E-state index contributed by atoms with van der Waals surface area (Å²) < 4.78 is 17.6. The Morgan fingerprint density at radius 3 is 2.52 bits per heavy atom. The molecule has 0 bridgehead atoms. The number of ketones is 1. The van der Waals surface area contributed by atoms with Crippen molar-refractivity contribution in [1.82, 2.24) is 9.80 Å². The number of rotatable bonds is 13. The van der Waals surface area contributed by atoms with Crippen LogP contribution in [0.5, 0.6) is 17.2 Å². The Morgan fingerprint density at radius 1 is 1.05 bits per heavy atom. The SMILES string of the molecule is CCCOc1ccc([C@H]2C(=C(O)c3ccc4c(c3)C[C@@H](C)O4)C(=O)C(=O)N2CCCN(CC)CC)cc1OCC. The molecule has 4 rings (SSSR count). The molecule has 40 heavy (non-hydrogen) atoms. The number of aliphatic hydroxyl groups excluding tert-OH is 1. The Balaban J connectivity index is 1.78. The Kier molecular flexibility index (Phi) is 9.74. The molecule has 2 atom stereocenters. The van der Waals surface area contributed by atoms with Gasteiger partial charge in [-0.2, -0.15) is 0 Å². The highest BCUT2D eigenvalue weighted by Gasteiger charge is 2.46. The second-order valence-corrected chi connectivity index (χ2v) is 10.3. The summed E-state index contributed by atoms with van der Waals surface area (Å²) in [5.74, 6) is 0.473. The fraction of sp³-hybridized carbons (Fsp3) is 0.500. The molecule has 0 spiro atoms. The number of benzene rings is 2. The largest absolute Gasteiger partial charge is 0.507 e. The van der Waals surface area contributed by atoms with Crippen molar-refractivity contribution in [3.05, 3.63) is 58.7 Å². The van der Waals surface area contributed by atoms with Gasteiger partial charge in [0.25, 0.3) is 11.7 Å². The van der Waals surface area contributed by atoms with Gasteiger partial charge in [-0.1, -0.05) is 26.8 Å². The minimum absolute atomic E-state index is 0.0502. The molecule has 1 N–H and O–H groups in total.